The molecular formula is C12H21N5O4. The molecule has 118 valence electrons. The molecule has 0 aliphatic carbocycles. The molecule has 0 aromatic carbocycles. The number of nitrogens with one attached hydrogen (secondary N) is 1. The molecule has 9 heteroatoms. The number of nitrogens with two attached hydrogens (primary N) is 1. The molecule has 2 heterocycles. The number of hydrogen-bond donors (Lipinski definition) is 5. The van der Waals surface area contributed by atoms with Gasteiger partial charge >= 0.3 is 0 Å². The number of aliphatic hydroxyl groups is 3. The standard InChI is InChI=1S/C12H21N5O4/c1-5-15-9(8(13)14)16-17(5)10-6(18)7(19)12(4,21-10)11(2,3)20/h6-7,10,18-20H,1-4H3,(H3,13,14)/t6-,7+,10-,12+/m1/s1/i6D,7D,10D. The Morgan fingerprint density at radius 1 is 1.57 bits per heavy atom. The third-order valence-electron chi connectivity index (χ3n) is 3.55. The summed E-state index contributed by atoms with van der Waals surface area (Å²) in [5.41, 5.74) is 1.16. The fraction of sp³-hybridized carbons (Fsp3) is 0.750. The highest BCUT2D eigenvalue weighted by Gasteiger charge is 2.59. The Morgan fingerprint density at radius 2 is 2.14 bits per heavy atom. The van der Waals surface area contributed by atoms with E-state index in [1.54, 1.807) is 0 Å². The molecule has 1 fully saturated rings. The second-order valence-electron chi connectivity index (χ2n) is 5.50. The van der Waals surface area contributed by atoms with E-state index >= 15 is 0 Å². The Balaban J connectivity index is 2.73. The lowest BCUT2D eigenvalue weighted by atomic mass is 9.82. The van der Waals surface area contributed by atoms with E-state index in [1.165, 1.54) is 20.8 Å². The smallest absolute Gasteiger partial charge is 0.216 e. The number of hydrogen-bond acceptors (Lipinski definition) is 7. The minimum Gasteiger partial charge on any atom is -0.387 e. The summed E-state index contributed by atoms with van der Waals surface area (Å²) in [6, 6.07) is 0. The fourth-order valence-corrected chi connectivity index (χ4v) is 1.87. The SMILES string of the molecule is [2H][C@]1(O)[C@@]([2H])(O)[C@]([2H])(n2nc(C(=N)N)nc2C)O[C@]1(C)C(C)(C)O. The quantitative estimate of drug-likeness (QED) is 0.342. The molecule has 1 aromatic rings. The fourth-order valence-electron chi connectivity index (χ4n) is 1.87. The molecule has 0 bridgehead atoms. The highest BCUT2D eigenvalue weighted by Crippen LogP contribution is 2.43. The summed E-state index contributed by atoms with van der Waals surface area (Å²) in [7, 11) is 0. The third-order valence-corrected chi connectivity index (χ3v) is 3.55. The predicted octanol–water partition coefficient (Wildman–Crippen LogP) is -1.35. The Kier molecular flexibility index (Phi) is 2.71. The van der Waals surface area contributed by atoms with Crippen LogP contribution in [0.4, 0.5) is 0 Å². The van der Waals surface area contributed by atoms with E-state index < -0.39 is 35.4 Å². The summed E-state index contributed by atoms with van der Waals surface area (Å²) in [6.07, 6.45) is -9.20. The van der Waals surface area contributed by atoms with Gasteiger partial charge in [-0.15, -0.1) is 5.10 Å². The summed E-state index contributed by atoms with van der Waals surface area (Å²) in [5, 5.41) is 42.4. The largest absolute Gasteiger partial charge is 0.387 e. The second-order valence-corrected chi connectivity index (χ2v) is 5.50. The number of nitrogens with zero attached hydrogens (tertiary/aromatic N) is 3. The van der Waals surface area contributed by atoms with Crippen LogP contribution in [0.3, 0.4) is 0 Å². The maximum absolute atomic E-state index is 10.5. The predicted molar refractivity (Wildman–Crippen MR) is 72.6 cm³/mol. The molecule has 0 unspecified atom stereocenters. The van der Waals surface area contributed by atoms with Crippen LogP contribution in [0, 0.1) is 12.3 Å². The van der Waals surface area contributed by atoms with Crippen LogP contribution in [0.2, 0.25) is 0 Å². The van der Waals surface area contributed by atoms with Gasteiger partial charge < -0.3 is 25.8 Å². The molecule has 4 atom stereocenters. The molecule has 0 saturated carbocycles. The van der Waals surface area contributed by atoms with Gasteiger partial charge in [0.05, 0.1) is 9.71 Å². The number of amidine groups is 1. The van der Waals surface area contributed by atoms with Crippen molar-refractivity contribution in [3.8, 4) is 0 Å². The maximum Gasteiger partial charge on any atom is 0.216 e. The van der Waals surface area contributed by atoms with Gasteiger partial charge in [0.2, 0.25) is 5.82 Å². The molecule has 1 aromatic heterocycles. The summed E-state index contributed by atoms with van der Waals surface area (Å²) in [5.74, 6) is -0.834. The van der Waals surface area contributed by atoms with Crippen LogP contribution in [-0.2, 0) is 4.74 Å². The summed E-state index contributed by atoms with van der Waals surface area (Å²) in [4.78, 5) is 3.83. The van der Waals surface area contributed by atoms with Gasteiger partial charge in [0.15, 0.2) is 12.0 Å². The molecule has 0 spiro atoms. The van der Waals surface area contributed by atoms with E-state index in [9.17, 15) is 15.3 Å². The second kappa shape index (κ2) is 4.73. The van der Waals surface area contributed by atoms with E-state index in [4.69, 9.17) is 20.0 Å². The monoisotopic (exact) mass is 302 g/mol. The molecule has 6 N–H and O–H groups in total. The van der Waals surface area contributed by atoms with E-state index in [2.05, 4.69) is 10.1 Å². The van der Waals surface area contributed by atoms with Gasteiger partial charge in [-0.1, -0.05) is 0 Å². The summed E-state index contributed by atoms with van der Waals surface area (Å²) >= 11 is 0. The minimum atomic E-state index is -3.26. The van der Waals surface area contributed by atoms with E-state index in [0.29, 0.717) is 4.68 Å². The molecule has 9 nitrogen and oxygen atoms in total. The Hall–Kier alpha value is -1.55. The molecule has 1 aliphatic rings. The molecule has 0 radical (unpaired) electrons. The molecule has 0 amide bonds. The molecule has 21 heavy (non-hydrogen) atoms. The van der Waals surface area contributed by atoms with Crippen molar-refractivity contribution in [1.82, 2.24) is 14.8 Å². The van der Waals surface area contributed by atoms with E-state index in [1.807, 2.05) is 0 Å². The normalized spacial score (nSPS) is 46.0. The summed E-state index contributed by atoms with van der Waals surface area (Å²) < 4.78 is 30.5. The third kappa shape index (κ3) is 2.31. The number of nitrogen functional groups attached to an aromatic ring is 1. The first-order valence-corrected chi connectivity index (χ1v) is 6.19. The van der Waals surface area contributed by atoms with Gasteiger partial charge in [0.1, 0.15) is 23.6 Å². The van der Waals surface area contributed by atoms with Crippen LogP contribution >= 0.6 is 0 Å². The molecule has 2 rings (SSSR count). The zero-order valence-corrected chi connectivity index (χ0v) is 12.2. The average molecular weight is 302 g/mol. The van der Waals surface area contributed by atoms with E-state index in [-0.39, 0.29) is 11.6 Å². The number of aryl methyl sites for hydroxylation is 1. The van der Waals surface area contributed by atoms with Crippen molar-refractivity contribution < 1.29 is 24.2 Å². The number of rotatable bonds is 3. The zero-order chi connectivity index (χ0) is 18.9. The van der Waals surface area contributed by atoms with Gasteiger partial charge in [-0.3, -0.25) is 5.41 Å². The van der Waals surface area contributed by atoms with Gasteiger partial charge in [-0.2, -0.15) is 0 Å². The lowest BCUT2D eigenvalue weighted by molar-refractivity contribution is -0.192. The van der Waals surface area contributed by atoms with Crippen LogP contribution in [0.15, 0.2) is 0 Å². The van der Waals surface area contributed by atoms with Gasteiger partial charge in [-0.05, 0) is 27.7 Å². The first-order chi connectivity index (χ1) is 10.5. The lowest BCUT2D eigenvalue weighted by Gasteiger charge is -2.38. The van der Waals surface area contributed by atoms with Crippen LogP contribution in [0.25, 0.3) is 0 Å². The van der Waals surface area contributed by atoms with Gasteiger partial charge in [-0.25, -0.2) is 9.67 Å². The Labute approximate surface area is 126 Å². The number of aromatic nitrogens is 3. The Bertz CT molecular complexity index is 701. The zero-order valence-electron chi connectivity index (χ0n) is 15.2. The van der Waals surface area contributed by atoms with Crippen LogP contribution in [0.5, 0.6) is 0 Å². The van der Waals surface area contributed by atoms with Crippen LogP contribution < -0.4 is 5.73 Å². The van der Waals surface area contributed by atoms with Gasteiger partial charge in [0, 0.05) is 0 Å². The number of ether oxygens (including phenoxy) is 1. The van der Waals surface area contributed by atoms with Crippen molar-refractivity contribution in [2.75, 3.05) is 0 Å². The van der Waals surface area contributed by atoms with Crippen molar-refractivity contribution in [1.29, 1.82) is 5.41 Å². The minimum absolute atomic E-state index is 0.0447. The van der Waals surface area contributed by atoms with Crippen molar-refractivity contribution in [3.05, 3.63) is 11.6 Å². The van der Waals surface area contributed by atoms with Crippen molar-refractivity contribution in [2.24, 2.45) is 5.73 Å². The first-order valence-electron chi connectivity index (χ1n) is 7.69. The van der Waals surface area contributed by atoms with Crippen molar-refractivity contribution >= 4 is 5.84 Å². The van der Waals surface area contributed by atoms with Gasteiger partial charge in [0.25, 0.3) is 0 Å². The first kappa shape index (κ1) is 12.0. The highest BCUT2D eigenvalue weighted by molar-refractivity contribution is 5.91. The highest BCUT2D eigenvalue weighted by atomic mass is 16.6. The average Bonchev–Trinajstić information content (AvgIpc) is 2.82. The van der Waals surface area contributed by atoms with Crippen molar-refractivity contribution in [2.45, 2.75) is 57.3 Å². The van der Waals surface area contributed by atoms with E-state index in [0.717, 1.165) is 6.92 Å². The topological polar surface area (TPSA) is 150 Å². The molecular weight excluding hydrogens is 278 g/mol. The maximum atomic E-state index is 10.5. The lowest BCUT2D eigenvalue weighted by Crippen LogP contribution is -2.55. The van der Waals surface area contributed by atoms with Crippen LogP contribution in [0.1, 0.15) is 42.7 Å². The molecule has 1 saturated heterocycles. The molecule has 1 aliphatic heterocycles. The van der Waals surface area contributed by atoms with Crippen molar-refractivity contribution in [3.63, 3.8) is 0 Å². The summed E-state index contributed by atoms with van der Waals surface area (Å²) in [6.45, 7) is 4.89. The Morgan fingerprint density at radius 3 is 2.52 bits per heavy atom. The van der Waals surface area contributed by atoms with Crippen LogP contribution in [-0.4, -0.2) is 59.3 Å².